The average Bonchev–Trinajstić information content (AvgIpc) is 3.15. The van der Waals surface area contributed by atoms with Crippen molar-refractivity contribution in [1.29, 1.82) is 0 Å². The fourth-order valence-electron chi connectivity index (χ4n) is 3.20. The summed E-state index contributed by atoms with van der Waals surface area (Å²) in [4.78, 5) is 24.2. The summed E-state index contributed by atoms with van der Waals surface area (Å²) in [5.41, 5.74) is 4.86. The summed E-state index contributed by atoms with van der Waals surface area (Å²) >= 11 is 1.53. The van der Waals surface area contributed by atoms with Gasteiger partial charge in [0.25, 0.3) is 5.91 Å². The molecule has 0 saturated carbocycles. The van der Waals surface area contributed by atoms with Crippen molar-refractivity contribution in [3.8, 4) is 5.75 Å². The Morgan fingerprint density at radius 1 is 1.10 bits per heavy atom. The minimum Gasteiger partial charge on any atom is -0.494 e. The Labute approximate surface area is 180 Å². The molecule has 5 nitrogen and oxygen atoms in total. The third kappa shape index (κ3) is 4.19. The molecule has 0 fully saturated rings. The molecule has 0 aliphatic rings. The number of rotatable bonds is 6. The van der Waals surface area contributed by atoms with Crippen molar-refractivity contribution in [3.63, 3.8) is 0 Å². The molecule has 2 aromatic carbocycles. The van der Waals surface area contributed by atoms with Crippen LogP contribution in [-0.2, 0) is 6.54 Å². The molecule has 0 aliphatic carbocycles. The maximum Gasteiger partial charge on any atom is 0.260 e. The largest absolute Gasteiger partial charge is 0.494 e. The summed E-state index contributed by atoms with van der Waals surface area (Å²) < 4.78 is 6.57. The molecule has 0 saturated heterocycles. The van der Waals surface area contributed by atoms with Crippen LogP contribution in [-0.4, -0.2) is 22.5 Å². The van der Waals surface area contributed by atoms with Crippen LogP contribution in [0.3, 0.4) is 0 Å². The third-order valence-electron chi connectivity index (χ3n) is 4.94. The predicted octanol–water partition coefficient (Wildman–Crippen LogP) is 5.55. The topological polar surface area (TPSA) is 55.3 Å². The zero-order valence-corrected chi connectivity index (χ0v) is 18.1. The first kappa shape index (κ1) is 20.0. The maximum atomic E-state index is 13.5. The molecule has 30 heavy (non-hydrogen) atoms. The van der Waals surface area contributed by atoms with Crippen LogP contribution >= 0.6 is 11.3 Å². The predicted molar refractivity (Wildman–Crippen MR) is 121 cm³/mol. The Kier molecular flexibility index (Phi) is 5.77. The minimum atomic E-state index is -0.102. The number of aromatic nitrogens is 2. The fraction of sp³-hybridized carbons (Fsp3) is 0.208. The number of hydrogen-bond acceptors (Lipinski definition) is 5. The number of thiazole rings is 1. The second-order valence-electron chi connectivity index (χ2n) is 7.11. The molecule has 152 valence electrons. The molecule has 0 aliphatic heterocycles. The molecule has 4 rings (SSSR count). The van der Waals surface area contributed by atoms with Crippen LogP contribution in [0, 0.1) is 13.8 Å². The zero-order chi connectivity index (χ0) is 21.1. The number of ether oxygens (including phenoxy) is 1. The van der Waals surface area contributed by atoms with E-state index in [1.54, 1.807) is 29.4 Å². The lowest BCUT2D eigenvalue weighted by Gasteiger charge is -2.20. The van der Waals surface area contributed by atoms with Gasteiger partial charge in [-0.2, -0.15) is 0 Å². The molecule has 1 amide bonds. The van der Waals surface area contributed by atoms with Gasteiger partial charge in [0.1, 0.15) is 5.75 Å². The lowest BCUT2D eigenvalue weighted by atomic mass is 10.1. The maximum absolute atomic E-state index is 13.5. The van der Waals surface area contributed by atoms with E-state index in [-0.39, 0.29) is 5.91 Å². The number of amides is 1. The van der Waals surface area contributed by atoms with Gasteiger partial charge < -0.3 is 4.74 Å². The normalized spacial score (nSPS) is 10.9. The number of carbonyl (C=O) groups excluding carboxylic acids is 1. The van der Waals surface area contributed by atoms with Crippen LogP contribution in [0.1, 0.15) is 34.0 Å². The summed E-state index contributed by atoms with van der Waals surface area (Å²) in [5, 5.41) is 0.678. The van der Waals surface area contributed by atoms with Crippen LogP contribution in [0.15, 0.2) is 60.9 Å². The Morgan fingerprint density at radius 2 is 1.87 bits per heavy atom. The second kappa shape index (κ2) is 8.63. The number of pyridine rings is 1. The standard InChI is InChI=1S/C24H23N3O2S/c1-4-29-20-9-7-19(8-10-20)23(28)27(15-18-6-5-11-25-14-18)24-26-21-12-16(2)17(3)13-22(21)30-24/h5-14H,4,15H2,1-3H3. The lowest BCUT2D eigenvalue weighted by Crippen LogP contribution is -2.30. The summed E-state index contributed by atoms with van der Waals surface area (Å²) in [6, 6.07) is 15.3. The highest BCUT2D eigenvalue weighted by atomic mass is 32.1. The number of benzene rings is 2. The fourth-order valence-corrected chi connectivity index (χ4v) is 4.24. The van der Waals surface area contributed by atoms with Crippen LogP contribution in [0.25, 0.3) is 10.2 Å². The molecular weight excluding hydrogens is 394 g/mol. The third-order valence-corrected chi connectivity index (χ3v) is 5.99. The molecule has 0 radical (unpaired) electrons. The Balaban J connectivity index is 1.73. The van der Waals surface area contributed by atoms with E-state index >= 15 is 0 Å². The van der Waals surface area contributed by atoms with Gasteiger partial charge in [-0.05, 0) is 79.9 Å². The SMILES string of the molecule is CCOc1ccc(C(=O)N(Cc2cccnc2)c2nc3cc(C)c(C)cc3s2)cc1. The number of anilines is 1. The molecule has 0 N–H and O–H groups in total. The molecule has 6 heteroatoms. The summed E-state index contributed by atoms with van der Waals surface area (Å²) in [6.07, 6.45) is 3.51. The minimum absolute atomic E-state index is 0.102. The molecule has 4 aromatic rings. The summed E-state index contributed by atoms with van der Waals surface area (Å²) in [7, 11) is 0. The quantitative estimate of drug-likeness (QED) is 0.412. The van der Waals surface area contributed by atoms with Gasteiger partial charge in [-0.15, -0.1) is 0 Å². The molecule has 2 heterocycles. The van der Waals surface area contributed by atoms with E-state index in [1.165, 1.54) is 22.5 Å². The van der Waals surface area contributed by atoms with Gasteiger partial charge in [0, 0.05) is 18.0 Å². The van der Waals surface area contributed by atoms with E-state index < -0.39 is 0 Å². The Morgan fingerprint density at radius 3 is 2.57 bits per heavy atom. The first-order valence-electron chi connectivity index (χ1n) is 9.86. The zero-order valence-electron chi connectivity index (χ0n) is 17.3. The van der Waals surface area contributed by atoms with E-state index in [0.717, 1.165) is 21.5 Å². The highest BCUT2D eigenvalue weighted by molar-refractivity contribution is 7.22. The monoisotopic (exact) mass is 417 g/mol. The Hall–Kier alpha value is -3.25. The van der Waals surface area contributed by atoms with Gasteiger partial charge in [0.15, 0.2) is 5.13 Å². The van der Waals surface area contributed by atoms with Gasteiger partial charge in [0.2, 0.25) is 0 Å². The molecular formula is C24H23N3O2S. The van der Waals surface area contributed by atoms with Crippen LogP contribution in [0.4, 0.5) is 5.13 Å². The van der Waals surface area contributed by atoms with Gasteiger partial charge in [0.05, 0.1) is 23.4 Å². The van der Waals surface area contributed by atoms with Gasteiger partial charge >= 0.3 is 0 Å². The lowest BCUT2D eigenvalue weighted by molar-refractivity contribution is 0.0985. The highest BCUT2D eigenvalue weighted by Gasteiger charge is 2.22. The van der Waals surface area contributed by atoms with Crippen molar-refractivity contribution >= 4 is 32.6 Å². The van der Waals surface area contributed by atoms with Crippen LogP contribution in [0.2, 0.25) is 0 Å². The van der Waals surface area contributed by atoms with Crippen molar-refractivity contribution in [2.45, 2.75) is 27.3 Å². The molecule has 0 atom stereocenters. The smallest absolute Gasteiger partial charge is 0.260 e. The van der Waals surface area contributed by atoms with E-state index in [4.69, 9.17) is 9.72 Å². The van der Waals surface area contributed by atoms with E-state index in [0.29, 0.717) is 23.8 Å². The van der Waals surface area contributed by atoms with Crippen molar-refractivity contribution in [2.24, 2.45) is 0 Å². The second-order valence-corrected chi connectivity index (χ2v) is 8.12. The molecule has 2 aromatic heterocycles. The molecule has 0 unspecified atom stereocenters. The van der Waals surface area contributed by atoms with Crippen molar-refractivity contribution in [1.82, 2.24) is 9.97 Å². The van der Waals surface area contributed by atoms with E-state index in [1.807, 2.05) is 31.2 Å². The van der Waals surface area contributed by atoms with Crippen LogP contribution < -0.4 is 9.64 Å². The average molecular weight is 418 g/mol. The van der Waals surface area contributed by atoms with Crippen LogP contribution in [0.5, 0.6) is 5.75 Å². The number of aryl methyl sites for hydroxylation is 2. The van der Waals surface area contributed by atoms with Crippen molar-refractivity contribution < 1.29 is 9.53 Å². The van der Waals surface area contributed by atoms with Gasteiger partial charge in [-0.3, -0.25) is 14.7 Å². The van der Waals surface area contributed by atoms with Gasteiger partial charge in [-0.25, -0.2) is 4.98 Å². The number of fused-ring (bicyclic) bond motifs is 1. The van der Waals surface area contributed by atoms with E-state index in [9.17, 15) is 4.79 Å². The first-order chi connectivity index (χ1) is 14.5. The number of hydrogen-bond donors (Lipinski definition) is 0. The molecule has 0 bridgehead atoms. The number of carbonyl (C=O) groups is 1. The highest BCUT2D eigenvalue weighted by Crippen LogP contribution is 2.32. The van der Waals surface area contributed by atoms with E-state index in [2.05, 4.69) is 31.0 Å². The Bertz CT molecular complexity index is 1130. The number of nitrogens with zero attached hydrogens (tertiary/aromatic N) is 3. The molecule has 0 spiro atoms. The van der Waals surface area contributed by atoms with Crippen molar-refractivity contribution in [2.75, 3.05) is 11.5 Å². The van der Waals surface area contributed by atoms with Gasteiger partial charge in [-0.1, -0.05) is 17.4 Å². The summed E-state index contributed by atoms with van der Waals surface area (Å²) in [6.45, 7) is 7.09. The van der Waals surface area contributed by atoms with Crippen molar-refractivity contribution in [3.05, 3.63) is 83.2 Å². The summed E-state index contributed by atoms with van der Waals surface area (Å²) in [5.74, 6) is 0.646. The first-order valence-corrected chi connectivity index (χ1v) is 10.7.